The second kappa shape index (κ2) is 5.98. The van der Waals surface area contributed by atoms with Gasteiger partial charge in [0.2, 0.25) is 0 Å². The van der Waals surface area contributed by atoms with Crippen LogP contribution >= 0.6 is 23.5 Å². The lowest BCUT2D eigenvalue weighted by molar-refractivity contribution is -0.0171. The van der Waals surface area contributed by atoms with Crippen LogP contribution in [0, 0.1) is 24.7 Å². The van der Waals surface area contributed by atoms with Gasteiger partial charge >= 0.3 is 0 Å². The zero-order valence-electron chi connectivity index (χ0n) is 16.1. The first-order valence-electron chi connectivity index (χ1n) is 10.8. The molecular formula is C22H29NO2S2. The number of fused-ring (bicyclic) bond motifs is 2. The number of hydrogen-bond donors (Lipinski definition) is 1. The molecule has 0 aromatic carbocycles. The number of carbonyl (C=O) groups excluding carboxylic acids is 1. The average molecular weight is 404 g/mol. The van der Waals surface area contributed by atoms with Crippen molar-refractivity contribution in [1.82, 2.24) is 5.32 Å². The molecule has 1 saturated heterocycles. The van der Waals surface area contributed by atoms with E-state index < -0.39 is 0 Å². The van der Waals surface area contributed by atoms with Crippen LogP contribution in [-0.2, 0) is 10.5 Å². The van der Waals surface area contributed by atoms with E-state index in [4.69, 9.17) is 4.42 Å². The highest BCUT2D eigenvalue weighted by atomic mass is 32.2. The number of hydrogen-bond acceptors (Lipinski definition) is 4. The van der Waals surface area contributed by atoms with Crippen molar-refractivity contribution in [3.63, 3.8) is 0 Å². The Labute approximate surface area is 170 Å². The van der Waals surface area contributed by atoms with Gasteiger partial charge in [0.05, 0.1) is 4.08 Å². The molecule has 6 aliphatic rings. The Bertz CT molecular complexity index is 757. The van der Waals surface area contributed by atoms with Crippen LogP contribution in [0.5, 0.6) is 0 Å². The molecular weight excluding hydrogens is 374 g/mol. The fraction of sp³-hybridized carbons (Fsp3) is 0.773. The van der Waals surface area contributed by atoms with Gasteiger partial charge in [-0.15, -0.1) is 23.5 Å². The van der Waals surface area contributed by atoms with Crippen molar-refractivity contribution in [1.29, 1.82) is 0 Å². The van der Waals surface area contributed by atoms with Gasteiger partial charge in [-0.1, -0.05) is 0 Å². The Morgan fingerprint density at radius 2 is 1.70 bits per heavy atom. The Morgan fingerprint density at radius 1 is 1.07 bits per heavy atom. The quantitative estimate of drug-likeness (QED) is 0.732. The summed E-state index contributed by atoms with van der Waals surface area (Å²) in [5, 5.41) is 3.52. The Hall–Kier alpha value is -0.550. The second-order valence-electron chi connectivity index (χ2n) is 9.81. The molecule has 2 heterocycles. The monoisotopic (exact) mass is 403 g/mol. The zero-order chi connectivity index (χ0) is 18.2. The molecule has 1 spiro atoms. The Kier molecular flexibility index (Phi) is 3.83. The van der Waals surface area contributed by atoms with Gasteiger partial charge in [0, 0.05) is 34.6 Å². The third kappa shape index (κ3) is 2.59. The standard InChI is InChI=1S/C22H29NO2S2/c1-13-18-17(3-2-4-22(18)26-5-6-27-22)25-19(13)20(24)23-21-10-14-7-15(11-21)9-16(8-14)12-21/h14-16H,2-12H2,1H3,(H,23,24). The van der Waals surface area contributed by atoms with Crippen LogP contribution in [-0.4, -0.2) is 23.0 Å². The van der Waals surface area contributed by atoms with E-state index in [1.807, 2.05) is 0 Å². The highest BCUT2D eigenvalue weighted by Crippen LogP contribution is 2.60. The van der Waals surface area contributed by atoms with Crippen molar-refractivity contribution in [2.24, 2.45) is 17.8 Å². The van der Waals surface area contributed by atoms with Crippen LogP contribution < -0.4 is 5.32 Å². The van der Waals surface area contributed by atoms with Crippen LogP contribution in [0.25, 0.3) is 0 Å². The third-order valence-corrected chi connectivity index (χ3v) is 11.4. The minimum absolute atomic E-state index is 0.0557. The molecule has 5 fully saturated rings. The maximum Gasteiger partial charge on any atom is 0.287 e. The molecule has 3 nitrogen and oxygen atoms in total. The van der Waals surface area contributed by atoms with E-state index in [2.05, 4.69) is 35.8 Å². The van der Waals surface area contributed by atoms with Gasteiger partial charge in [-0.3, -0.25) is 4.79 Å². The van der Waals surface area contributed by atoms with Crippen molar-refractivity contribution in [2.45, 2.75) is 74.3 Å². The van der Waals surface area contributed by atoms with Crippen molar-refractivity contribution in [3.05, 3.63) is 22.6 Å². The van der Waals surface area contributed by atoms with E-state index in [9.17, 15) is 4.79 Å². The van der Waals surface area contributed by atoms with Gasteiger partial charge < -0.3 is 9.73 Å². The average Bonchev–Trinajstić information content (AvgIpc) is 3.19. The van der Waals surface area contributed by atoms with Crippen LogP contribution in [0.15, 0.2) is 4.42 Å². The summed E-state index contributed by atoms with van der Waals surface area (Å²) in [5.74, 6) is 6.73. The number of carbonyl (C=O) groups is 1. The van der Waals surface area contributed by atoms with Crippen molar-refractivity contribution < 1.29 is 9.21 Å². The molecule has 1 aromatic heterocycles. The van der Waals surface area contributed by atoms with Crippen LogP contribution in [0.4, 0.5) is 0 Å². The van der Waals surface area contributed by atoms with Crippen molar-refractivity contribution >= 4 is 29.4 Å². The minimum atomic E-state index is 0.0557. The lowest BCUT2D eigenvalue weighted by Crippen LogP contribution is -2.59. The number of thioether (sulfide) groups is 2. The molecule has 4 bridgehead atoms. The summed E-state index contributed by atoms with van der Waals surface area (Å²) in [6.45, 7) is 2.13. The van der Waals surface area contributed by atoms with E-state index in [1.54, 1.807) is 0 Å². The Morgan fingerprint density at radius 3 is 2.33 bits per heavy atom. The second-order valence-corrected chi connectivity index (χ2v) is 12.9. The van der Waals surface area contributed by atoms with Crippen LogP contribution in [0.2, 0.25) is 0 Å². The summed E-state index contributed by atoms with van der Waals surface area (Å²) < 4.78 is 6.41. The number of furan rings is 1. The largest absolute Gasteiger partial charge is 0.455 e. The molecule has 7 rings (SSSR count). The molecule has 1 N–H and O–H groups in total. The maximum atomic E-state index is 13.4. The summed E-state index contributed by atoms with van der Waals surface area (Å²) in [6, 6.07) is 0. The molecule has 1 amide bonds. The molecule has 146 valence electrons. The van der Waals surface area contributed by atoms with Gasteiger partial charge in [-0.25, -0.2) is 0 Å². The molecule has 1 aromatic rings. The van der Waals surface area contributed by atoms with Gasteiger partial charge in [-0.05, 0) is 76.0 Å². The predicted molar refractivity (Wildman–Crippen MR) is 111 cm³/mol. The highest BCUT2D eigenvalue weighted by Gasteiger charge is 2.52. The lowest BCUT2D eigenvalue weighted by atomic mass is 9.53. The summed E-state index contributed by atoms with van der Waals surface area (Å²) >= 11 is 4.15. The van der Waals surface area contributed by atoms with Gasteiger partial charge in [-0.2, -0.15) is 0 Å². The fourth-order valence-electron chi connectivity index (χ4n) is 7.38. The summed E-state index contributed by atoms with van der Waals surface area (Å²) in [6.07, 6.45) is 11.2. The van der Waals surface area contributed by atoms with E-state index in [-0.39, 0.29) is 15.5 Å². The molecule has 5 aliphatic carbocycles. The smallest absolute Gasteiger partial charge is 0.287 e. The summed E-state index contributed by atoms with van der Waals surface area (Å²) in [4.78, 5) is 13.4. The summed E-state index contributed by atoms with van der Waals surface area (Å²) in [5.41, 5.74) is 2.53. The van der Waals surface area contributed by atoms with E-state index in [1.165, 1.54) is 68.4 Å². The van der Waals surface area contributed by atoms with E-state index >= 15 is 0 Å². The molecule has 1 aliphatic heterocycles. The first-order valence-corrected chi connectivity index (χ1v) is 12.8. The van der Waals surface area contributed by atoms with Crippen molar-refractivity contribution in [2.75, 3.05) is 11.5 Å². The number of aryl methyl sites for hydroxylation is 1. The number of rotatable bonds is 2. The maximum absolute atomic E-state index is 13.4. The topological polar surface area (TPSA) is 42.2 Å². The molecule has 4 saturated carbocycles. The first kappa shape index (κ1) is 17.3. The normalized spacial score (nSPS) is 38.3. The van der Waals surface area contributed by atoms with Gasteiger partial charge in [0.25, 0.3) is 5.91 Å². The zero-order valence-corrected chi connectivity index (χ0v) is 17.8. The summed E-state index contributed by atoms with van der Waals surface area (Å²) in [7, 11) is 0. The Balaban J connectivity index is 1.31. The van der Waals surface area contributed by atoms with Crippen LogP contribution in [0.1, 0.15) is 78.8 Å². The van der Waals surface area contributed by atoms with E-state index in [0.29, 0.717) is 5.76 Å². The van der Waals surface area contributed by atoms with Gasteiger partial charge in [0.1, 0.15) is 5.76 Å². The van der Waals surface area contributed by atoms with Crippen molar-refractivity contribution in [3.8, 4) is 0 Å². The third-order valence-electron chi connectivity index (χ3n) is 7.89. The SMILES string of the molecule is Cc1c(C(=O)NC23CC4CC(CC(C4)C2)C3)oc2c1C1(CCC2)SCCS1. The molecule has 0 unspecified atom stereocenters. The molecule has 27 heavy (non-hydrogen) atoms. The molecule has 0 radical (unpaired) electrons. The van der Waals surface area contributed by atoms with Crippen LogP contribution in [0.3, 0.4) is 0 Å². The number of nitrogens with one attached hydrogen (secondary N) is 1. The predicted octanol–water partition coefficient (Wildman–Crippen LogP) is 5.26. The van der Waals surface area contributed by atoms with Gasteiger partial charge in [0.15, 0.2) is 5.76 Å². The van der Waals surface area contributed by atoms with E-state index in [0.717, 1.165) is 35.5 Å². The fourth-order valence-corrected chi connectivity index (χ4v) is 10.9. The number of amides is 1. The molecule has 5 heteroatoms. The highest BCUT2D eigenvalue weighted by molar-refractivity contribution is 8.20. The minimum Gasteiger partial charge on any atom is -0.455 e. The lowest BCUT2D eigenvalue weighted by Gasteiger charge is -2.56. The molecule has 0 atom stereocenters. The first-order chi connectivity index (χ1) is 13.1.